The molecule has 1 aromatic carbocycles. The molecule has 1 fully saturated rings. The molecule has 1 aliphatic rings. The summed E-state index contributed by atoms with van der Waals surface area (Å²) in [6.45, 7) is 1.73. The van der Waals surface area contributed by atoms with Gasteiger partial charge in [-0.3, -0.25) is 0 Å². The van der Waals surface area contributed by atoms with Crippen LogP contribution in [0.25, 0.3) is 10.8 Å². The number of carbonyl (C=O) groups is 1. The fourth-order valence-corrected chi connectivity index (χ4v) is 2.61. The molecule has 110 valence electrons. The van der Waals surface area contributed by atoms with E-state index in [1.807, 2.05) is 24.3 Å². The fourth-order valence-electron chi connectivity index (χ4n) is 2.61. The summed E-state index contributed by atoms with van der Waals surface area (Å²) < 4.78 is 5.24. The number of carboxylic acids is 1. The van der Waals surface area contributed by atoms with Gasteiger partial charge in [0.1, 0.15) is 17.1 Å². The minimum atomic E-state index is -0.982. The Morgan fingerprint density at radius 1 is 1.43 bits per heavy atom. The summed E-state index contributed by atoms with van der Waals surface area (Å²) in [5.74, 6) is 0.620. The molecule has 21 heavy (non-hydrogen) atoms. The average Bonchev–Trinajstić information content (AvgIpc) is 3.32. The van der Waals surface area contributed by atoms with Gasteiger partial charge >= 0.3 is 5.97 Å². The van der Waals surface area contributed by atoms with Crippen molar-refractivity contribution in [3.05, 3.63) is 30.5 Å². The highest BCUT2D eigenvalue weighted by Crippen LogP contribution is 2.42. The summed E-state index contributed by atoms with van der Waals surface area (Å²) in [6.07, 6.45) is 3.56. The van der Waals surface area contributed by atoms with Gasteiger partial charge in [-0.05, 0) is 49.3 Å². The third-order valence-electron chi connectivity index (χ3n) is 4.19. The maximum absolute atomic E-state index is 11.7. The van der Waals surface area contributed by atoms with Crippen LogP contribution in [0.4, 0.5) is 5.82 Å². The highest BCUT2D eigenvalue weighted by molar-refractivity contribution is 5.95. The van der Waals surface area contributed by atoms with E-state index < -0.39 is 11.5 Å². The number of nitrogens with zero attached hydrogens (tertiary/aromatic N) is 1. The maximum Gasteiger partial charge on any atom is 0.329 e. The number of aromatic nitrogens is 1. The van der Waals surface area contributed by atoms with Crippen LogP contribution in [-0.4, -0.2) is 28.7 Å². The minimum absolute atomic E-state index is 0.151. The number of ether oxygens (including phenoxy) is 1. The molecule has 5 heteroatoms. The predicted octanol–water partition coefficient (Wildman–Crippen LogP) is 2.91. The van der Waals surface area contributed by atoms with Crippen LogP contribution < -0.4 is 10.1 Å². The molecule has 0 amide bonds. The highest BCUT2D eigenvalue weighted by atomic mass is 16.5. The summed E-state index contributed by atoms with van der Waals surface area (Å²) in [4.78, 5) is 16.0. The molecule has 2 aromatic rings. The van der Waals surface area contributed by atoms with Crippen molar-refractivity contribution in [1.29, 1.82) is 0 Å². The molecule has 1 aliphatic carbocycles. The van der Waals surface area contributed by atoms with Gasteiger partial charge in [0.2, 0.25) is 0 Å². The van der Waals surface area contributed by atoms with E-state index in [0.29, 0.717) is 5.82 Å². The minimum Gasteiger partial charge on any atom is -0.497 e. The van der Waals surface area contributed by atoms with Gasteiger partial charge in [0.25, 0.3) is 0 Å². The van der Waals surface area contributed by atoms with Crippen LogP contribution >= 0.6 is 0 Å². The first kappa shape index (κ1) is 13.7. The van der Waals surface area contributed by atoms with Gasteiger partial charge in [-0.2, -0.15) is 0 Å². The summed E-state index contributed by atoms with van der Waals surface area (Å²) in [5, 5.41) is 14.6. The quantitative estimate of drug-likeness (QED) is 0.884. The first-order chi connectivity index (χ1) is 10.0. The Balaban J connectivity index is 2.05. The lowest BCUT2D eigenvalue weighted by Gasteiger charge is -2.27. The molecule has 2 N–H and O–H groups in total. The molecule has 0 aliphatic heterocycles. The van der Waals surface area contributed by atoms with Crippen molar-refractivity contribution in [2.24, 2.45) is 5.92 Å². The molecule has 0 radical (unpaired) electrons. The second-order valence-electron chi connectivity index (χ2n) is 5.65. The molecule has 3 rings (SSSR count). The van der Waals surface area contributed by atoms with E-state index in [2.05, 4.69) is 10.3 Å². The zero-order valence-corrected chi connectivity index (χ0v) is 12.1. The Morgan fingerprint density at radius 2 is 2.19 bits per heavy atom. The van der Waals surface area contributed by atoms with Crippen molar-refractivity contribution in [1.82, 2.24) is 4.98 Å². The van der Waals surface area contributed by atoms with Gasteiger partial charge in [-0.15, -0.1) is 0 Å². The normalized spacial score (nSPS) is 17.2. The standard InChI is InChI=1S/C16H18N2O3/c1-16(15(19)20,11-4-5-11)18-14-13-9-12(21-2)6-3-10(13)7-8-17-14/h3,6-9,11H,4-5H2,1-2H3,(H,17,18)(H,19,20). The number of anilines is 1. The Labute approximate surface area is 123 Å². The number of pyridine rings is 1. The smallest absolute Gasteiger partial charge is 0.329 e. The number of benzene rings is 1. The highest BCUT2D eigenvalue weighted by Gasteiger charge is 2.48. The zero-order valence-electron chi connectivity index (χ0n) is 12.1. The third kappa shape index (κ3) is 2.39. The van der Waals surface area contributed by atoms with E-state index in [1.165, 1.54) is 0 Å². The van der Waals surface area contributed by atoms with Crippen molar-refractivity contribution in [3.63, 3.8) is 0 Å². The van der Waals surface area contributed by atoms with Crippen LogP contribution in [0.15, 0.2) is 30.5 Å². The van der Waals surface area contributed by atoms with Gasteiger partial charge in [0.15, 0.2) is 0 Å². The molecule has 1 unspecified atom stereocenters. The second kappa shape index (κ2) is 4.91. The van der Waals surface area contributed by atoms with Crippen LogP contribution in [0.5, 0.6) is 5.75 Å². The lowest BCUT2D eigenvalue weighted by Crippen LogP contribution is -2.45. The van der Waals surface area contributed by atoms with Crippen LogP contribution in [-0.2, 0) is 4.79 Å². The number of carboxylic acid groups (broad SMARTS) is 1. The Morgan fingerprint density at radius 3 is 2.81 bits per heavy atom. The summed E-state index contributed by atoms with van der Waals surface area (Å²) in [6, 6.07) is 7.59. The number of nitrogens with one attached hydrogen (secondary N) is 1. The first-order valence-corrected chi connectivity index (χ1v) is 6.99. The molecule has 5 nitrogen and oxygen atoms in total. The molecular formula is C16H18N2O3. The van der Waals surface area contributed by atoms with Crippen molar-refractivity contribution in [3.8, 4) is 5.75 Å². The average molecular weight is 286 g/mol. The van der Waals surface area contributed by atoms with Gasteiger partial charge in [-0.25, -0.2) is 9.78 Å². The summed E-state index contributed by atoms with van der Waals surface area (Å²) >= 11 is 0. The van der Waals surface area contributed by atoms with E-state index in [0.717, 1.165) is 29.4 Å². The number of hydrogen-bond acceptors (Lipinski definition) is 4. The van der Waals surface area contributed by atoms with Crippen molar-refractivity contribution >= 4 is 22.6 Å². The topological polar surface area (TPSA) is 71.5 Å². The van der Waals surface area contributed by atoms with Crippen LogP contribution in [0.2, 0.25) is 0 Å². The maximum atomic E-state index is 11.7. The molecule has 0 saturated heterocycles. The Hall–Kier alpha value is -2.30. The third-order valence-corrected chi connectivity index (χ3v) is 4.19. The van der Waals surface area contributed by atoms with Crippen molar-refractivity contribution < 1.29 is 14.6 Å². The zero-order chi connectivity index (χ0) is 15.0. The summed E-state index contributed by atoms with van der Waals surface area (Å²) in [7, 11) is 1.61. The largest absolute Gasteiger partial charge is 0.497 e. The number of aliphatic carboxylic acids is 1. The van der Waals surface area contributed by atoms with E-state index >= 15 is 0 Å². The van der Waals surface area contributed by atoms with Gasteiger partial charge in [0.05, 0.1) is 7.11 Å². The van der Waals surface area contributed by atoms with E-state index in [1.54, 1.807) is 20.2 Å². The molecule has 0 spiro atoms. The number of methoxy groups -OCH3 is 1. The van der Waals surface area contributed by atoms with Crippen LogP contribution in [0.1, 0.15) is 19.8 Å². The predicted molar refractivity (Wildman–Crippen MR) is 80.7 cm³/mol. The molecule has 1 aromatic heterocycles. The first-order valence-electron chi connectivity index (χ1n) is 6.99. The number of rotatable bonds is 5. The SMILES string of the molecule is COc1ccc2ccnc(NC(C)(C(=O)O)C3CC3)c2c1. The van der Waals surface area contributed by atoms with Gasteiger partial charge in [0, 0.05) is 11.6 Å². The Bertz CT molecular complexity index is 697. The van der Waals surface area contributed by atoms with E-state index in [4.69, 9.17) is 4.74 Å². The molecule has 0 bridgehead atoms. The second-order valence-corrected chi connectivity index (χ2v) is 5.65. The molecule has 1 atom stereocenters. The van der Waals surface area contributed by atoms with Crippen molar-refractivity contribution in [2.45, 2.75) is 25.3 Å². The Kier molecular flexibility index (Phi) is 3.20. The van der Waals surface area contributed by atoms with Gasteiger partial charge < -0.3 is 15.2 Å². The van der Waals surface area contributed by atoms with Gasteiger partial charge in [-0.1, -0.05) is 6.07 Å². The van der Waals surface area contributed by atoms with E-state index in [9.17, 15) is 9.90 Å². The van der Waals surface area contributed by atoms with Crippen LogP contribution in [0.3, 0.4) is 0 Å². The molecule has 1 saturated carbocycles. The van der Waals surface area contributed by atoms with Crippen LogP contribution in [0, 0.1) is 5.92 Å². The van der Waals surface area contributed by atoms with E-state index in [-0.39, 0.29) is 5.92 Å². The molecular weight excluding hydrogens is 268 g/mol. The van der Waals surface area contributed by atoms with Crippen molar-refractivity contribution in [2.75, 3.05) is 12.4 Å². The molecule has 1 heterocycles. The summed E-state index contributed by atoms with van der Waals surface area (Å²) in [5.41, 5.74) is -0.982. The lowest BCUT2D eigenvalue weighted by atomic mass is 9.95. The fraction of sp³-hybridized carbons (Fsp3) is 0.375. The lowest BCUT2D eigenvalue weighted by molar-refractivity contribution is -0.142. The monoisotopic (exact) mass is 286 g/mol. The number of hydrogen-bond donors (Lipinski definition) is 2. The number of fused-ring (bicyclic) bond motifs is 1.